The largest absolute Gasteiger partial charge is 0.383 e. The van der Waals surface area contributed by atoms with Crippen LogP contribution in [0.4, 0.5) is 11.6 Å². The van der Waals surface area contributed by atoms with Gasteiger partial charge in [0, 0.05) is 13.2 Å². The molecule has 17 heavy (non-hydrogen) atoms. The number of anilines is 2. The average molecular weight is 303 g/mol. The van der Waals surface area contributed by atoms with Crippen molar-refractivity contribution in [1.82, 2.24) is 9.97 Å². The van der Waals surface area contributed by atoms with E-state index >= 15 is 0 Å². The molecule has 1 heterocycles. The predicted octanol–water partition coefficient (Wildman–Crippen LogP) is 2.44. The Morgan fingerprint density at radius 3 is 2.88 bits per heavy atom. The van der Waals surface area contributed by atoms with Crippen molar-refractivity contribution in [3.8, 4) is 0 Å². The number of hydrogen-bond acceptors (Lipinski definition) is 5. The number of halogens is 1. The van der Waals surface area contributed by atoms with Crippen LogP contribution in [-0.2, 0) is 4.74 Å². The smallest absolute Gasteiger partial charge is 0.145 e. The van der Waals surface area contributed by atoms with Crippen LogP contribution in [0.3, 0.4) is 0 Å². The molecule has 0 amide bonds. The molecule has 5 nitrogen and oxygen atoms in total. The van der Waals surface area contributed by atoms with Crippen molar-refractivity contribution in [2.24, 2.45) is 0 Å². The Morgan fingerprint density at radius 2 is 2.18 bits per heavy atom. The molecule has 0 saturated heterocycles. The zero-order valence-electron chi connectivity index (χ0n) is 10.2. The average Bonchev–Trinajstić information content (AvgIpc) is 2.28. The normalized spacial score (nSPS) is 10.8. The number of nitrogens with two attached hydrogens (primary N) is 1. The first-order chi connectivity index (χ1) is 8.11. The molecule has 0 unspecified atom stereocenters. The molecule has 0 saturated carbocycles. The molecule has 0 fully saturated rings. The monoisotopic (exact) mass is 302 g/mol. The van der Waals surface area contributed by atoms with Crippen LogP contribution in [0, 0.1) is 0 Å². The molecule has 0 aliphatic rings. The topological polar surface area (TPSA) is 73.1 Å². The molecule has 0 radical (unpaired) electrons. The highest BCUT2D eigenvalue weighted by atomic mass is 79.9. The summed E-state index contributed by atoms with van der Waals surface area (Å²) in [5.74, 6) is 1.19. The second kappa shape index (κ2) is 7.45. The SMILES string of the molecule is CC(C)OCCCCNc1ncnc(N)c1Br. The quantitative estimate of drug-likeness (QED) is 0.757. The summed E-state index contributed by atoms with van der Waals surface area (Å²) in [5, 5.41) is 3.21. The van der Waals surface area contributed by atoms with Gasteiger partial charge < -0.3 is 15.8 Å². The van der Waals surface area contributed by atoms with Crippen LogP contribution in [0.2, 0.25) is 0 Å². The van der Waals surface area contributed by atoms with E-state index in [1.807, 2.05) is 13.8 Å². The van der Waals surface area contributed by atoms with Gasteiger partial charge >= 0.3 is 0 Å². The second-order valence-electron chi connectivity index (χ2n) is 3.97. The number of unbranched alkanes of at least 4 members (excludes halogenated alkanes) is 1. The standard InChI is InChI=1S/C11H19BrN4O/c1-8(2)17-6-4-3-5-14-11-9(12)10(13)15-7-16-11/h7-8H,3-6H2,1-2H3,(H3,13,14,15,16). The zero-order valence-corrected chi connectivity index (χ0v) is 11.8. The maximum absolute atomic E-state index is 5.65. The van der Waals surface area contributed by atoms with Gasteiger partial charge in [-0.25, -0.2) is 9.97 Å². The summed E-state index contributed by atoms with van der Waals surface area (Å²) >= 11 is 3.34. The van der Waals surface area contributed by atoms with Crippen molar-refractivity contribution in [2.75, 3.05) is 24.2 Å². The van der Waals surface area contributed by atoms with Crippen LogP contribution < -0.4 is 11.1 Å². The second-order valence-corrected chi connectivity index (χ2v) is 4.77. The maximum atomic E-state index is 5.65. The summed E-state index contributed by atoms with van der Waals surface area (Å²) in [5.41, 5.74) is 5.65. The number of rotatable bonds is 7. The van der Waals surface area contributed by atoms with Gasteiger partial charge in [-0.3, -0.25) is 0 Å². The molecule has 0 atom stereocenters. The first kappa shape index (κ1) is 14.2. The van der Waals surface area contributed by atoms with Crippen LogP contribution in [-0.4, -0.2) is 29.2 Å². The lowest BCUT2D eigenvalue weighted by Crippen LogP contribution is -2.08. The van der Waals surface area contributed by atoms with E-state index in [1.165, 1.54) is 6.33 Å². The van der Waals surface area contributed by atoms with E-state index in [4.69, 9.17) is 10.5 Å². The van der Waals surface area contributed by atoms with Gasteiger partial charge in [-0.2, -0.15) is 0 Å². The maximum Gasteiger partial charge on any atom is 0.145 e. The van der Waals surface area contributed by atoms with Crippen molar-refractivity contribution in [3.63, 3.8) is 0 Å². The number of hydrogen-bond donors (Lipinski definition) is 2. The Balaban J connectivity index is 2.20. The Morgan fingerprint density at radius 1 is 1.41 bits per heavy atom. The summed E-state index contributed by atoms with van der Waals surface area (Å²) in [6, 6.07) is 0. The van der Waals surface area contributed by atoms with Gasteiger partial charge in [0.25, 0.3) is 0 Å². The molecule has 0 spiro atoms. The Bertz CT molecular complexity index is 346. The van der Waals surface area contributed by atoms with Gasteiger partial charge in [0.15, 0.2) is 0 Å². The van der Waals surface area contributed by atoms with Crippen molar-refractivity contribution in [2.45, 2.75) is 32.8 Å². The summed E-state index contributed by atoms with van der Waals surface area (Å²) < 4.78 is 6.18. The first-order valence-electron chi connectivity index (χ1n) is 5.72. The highest BCUT2D eigenvalue weighted by molar-refractivity contribution is 9.10. The third kappa shape index (κ3) is 5.32. The number of nitrogen functional groups attached to an aromatic ring is 1. The van der Waals surface area contributed by atoms with E-state index in [0.29, 0.717) is 11.9 Å². The van der Waals surface area contributed by atoms with Crippen LogP contribution in [0.15, 0.2) is 10.8 Å². The Labute approximate surface area is 110 Å². The van der Waals surface area contributed by atoms with Crippen LogP contribution in [0.1, 0.15) is 26.7 Å². The third-order valence-electron chi connectivity index (χ3n) is 2.13. The van der Waals surface area contributed by atoms with E-state index < -0.39 is 0 Å². The summed E-state index contributed by atoms with van der Waals surface area (Å²) in [7, 11) is 0. The molecule has 3 N–H and O–H groups in total. The molecule has 1 aromatic heterocycles. The Kier molecular flexibility index (Phi) is 6.21. The minimum atomic E-state index is 0.304. The molecule has 0 aromatic carbocycles. The van der Waals surface area contributed by atoms with E-state index in [9.17, 15) is 0 Å². The van der Waals surface area contributed by atoms with Gasteiger partial charge in [-0.1, -0.05) is 0 Å². The predicted molar refractivity (Wildman–Crippen MR) is 73.0 cm³/mol. The first-order valence-corrected chi connectivity index (χ1v) is 6.52. The van der Waals surface area contributed by atoms with Gasteiger partial charge in [-0.05, 0) is 42.6 Å². The minimum absolute atomic E-state index is 0.304. The van der Waals surface area contributed by atoms with Crippen LogP contribution in [0.5, 0.6) is 0 Å². The lowest BCUT2D eigenvalue weighted by atomic mass is 10.3. The van der Waals surface area contributed by atoms with Crippen molar-refractivity contribution < 1.29 is 4.74 Å². The lowest BCUT2D eigenvalue weighted by Gasteiger charge is -2.09. The fraction of sp³-hybridized carbons (Fsp3) is 0.636. The summed E-state index contributed by atoms with van der Waals surface area (Å²) in [4.78, 5) is 7.98. The summed E-state index contributed by atoms with van der Waals surface area (Å²) in [6.07, 6.45) is 3.82. The molecule has 6 heteroatoms. The fourth-order valence-corrected chi connectivity index (χ4v) is 1.60. The molecule has 0 aliphatic carbocycles. The molecular formula is C11H19BrN4O. The molecule has 96 valence electrons. The zero-order chi connectivity index (χ0) is 12.7. The number of nitrogens with one attached hydrogen (secondary N) is 1. The number of nitrogens with zero attached hydrogens (tertiary/aromatic N) is 2. The van der Waals surface area contributed by atoms with E-state index in [1.54, 1.807) is 0 Å². The highest BCUT2D eigenvalue weighted by Crippen LogP contribution is 2.23. The number of aromatic nitrogens is 2. The molecular weight excluding hydrogens is 284 g/mol. The van der Waals surface area contributed by atoms with E-state index in [2.05, 4.69) is 31.2 Å². The molecule has 1 rings (SSSR count). The lowest BCUT2D eigenvalue weighted by molar-refractivity contribution is 0.0765. The minimum Gasteiger partial charge on any atom is -0.383 e. The molecule has 0 bridgehead atoms. The van der Waals surface area contributed by atoms with E-state index in [-0.39, 0.29) is 0 Å². The molecule has 1 aromatic rings. The fourth-order valence-electron chi connectivity index (χ4n) is 1.26. The van der Waals surface area contributed by atoms with Gasteiger partial charge in [-0.15, -0.1) is 0 Å². The molecule has 0 aliphatic heterocycles. The summed E-state index contributed by atoms with van der Waals surface area (Å²) in [6.45, 7) is 5.72. The third-order valence-corrected chi connectivity index (χ3v) is 2.91. The Hall–Kier alpha value is -0.880. The van der Waals surface area contributed by atoms with Crippen molar-refractivity contribution in [3.05, 3.63) is 10.8 Å². The van der Waals surface area contributed by atoms with Gasteiger partial charge in [0.05, 0.1) is 6.10 Å². The van der Waals surface area contributed by atoms with Gasteiger partial charge in [0.1, 0.15) is 22.4 Å². The van der Waals surface area contributed by atoms with Crippen LogP contribution in [0.25, 0.3) is 0 Å². The van der Waals surface area contributed by atoms with Crippen molar-refractivity contribution in [1.29, 1.82) is 0 Å². The van der Waals surface area contributed by atoms with Crippen molar-refractivity contribution >= 4 is 27.6 Å². The van der Waals surface area contributed by atoms with E-state index in [0.717, 1.165) is 36.3 Å². The number of ether oxygens (including phenoxy) is 1. The van der Waals surface area contributed by atoms with Gasteiger partial charge in [0.2, 0.25) is 0 Å². The highest BCUT2D eigenvalue weighted by Gasteiger charge is 2.04. The van der Waals surface area contributed by atoms with Crippen LogP contribution >= 0.6 is 15.9 Å².